The van der Waals surface area contributed by atoms with Crippen molar-refractivity contribution in [2.45, 2.75) is 32.2 Å². The van der Waals surface area contributed by atoms with Crippen LogP contribution in [0.5, 0.6) is 0 Å². The third-order valence-corrected chi connectivity index (χ3v) is 3.98. The molecular formula is C15H26N4. The summed E-state index contributed by atoms with van der Waals surface area (Å²) in [6.07, 6.45) is 5.58. The number of pyridine rings is 1. The lowest BCUT2D eigenvalue weighted by molar-refractivity contribution is 0.346. The van der Waals surface area contributed by atoms with Crippen LogP contribution in [0.3, 0.4) is 0 Å². The lowest BCUT2D eigenvalue weighted by Gasteiger charge is -2.23. The van der Waals surface area contributed by atoms with Crippen LogP contribution in [-0.2, 0) is 0 Å². The Kier molecular flexibility index (Phi) is 5.16. The Hall–Kier alpha value is -1.13. The van der Waals surface area contributed by atoms with Gasteiger partial charge in [-0.25, -0.2) is 0 Å². The summed E-state index contributed by atoms with van der Waals surface area (Å²) in [5, 5.41) is 0. The molecule has 1 saturated heterocycles. The smallest absolute Gasteiger partial charge is 0.0572 e. The number of aromatic nitrogens is 1. The van der Waals surface area contributed by atoms with Gasteiger partial charge in [-0.3, -0.25) is 4.98 Å². The quantitative estimate of drug-likeness (QED) is 0.852. The molecule has 0 unspecified atom stereocenters. The summed E-state index contributed by atoms with van der Waals surface area (Å²) in [4.78, 5) is 9.27. The number of nitrogens with two attached hydrogens (primary N) is 1. The normalized spacial score (nSPS) is 17.6. The van der Waals surface area contributed by atoms with Crippen molar-refractivity contribution in [3.8, 4) is 0 Å². The van der Waals surface area contributed by atoms with Gasteiger partial charge in [-0.1, -0.05) is 6.92 Å². The van der Waals surface area contributed by atoms with Gasteiger partial charge in [0.2, 0.25) is 0 Å². The number of rotatable bonds is 6. The fourth-order valence-electron chi connectivity index (χ4n) is 2.48. The molecule has 19 heavy (non-hydrogen) atoms. The highest BCUT2D eigenvalue weighted by Gasteiger charge is 2.12. The van der Waals surface area contributed by atoms with E-state index in [2.05, 4.69) is 40.9 Å². The third-order valence-electron chi connectivity index (χ3n) is 3.98. The highest BCUT2D eigenvalue weighted by molar-refractivity contribution is 5.43. The predicted octanol–water partition coefficient (Wildman–Crippen LogP) is 2.02. The summed E-state index contributed by atoms with van der Waals surface area (Å²) in [5.41, 5.74) is 8.14. The molecule has 2 heterocycles. The Morgan fingerprint density at radius 2 is 2.11 bits per heavy atom. The van der Waals surface area contributed by atoms with E-state index in [9.17, 15) is 0 Å². The Morgan fingerprint density at radius 1 is 1.37 bits per heavy atom. The molecule has 2 N–H and O–H groups in total. The zero-order chi connectivity index (χ0) is 13.7. The number of hydrogen-bond acceptors (Lipinski definition) is 4. The van der Waals surface area contributed by atoms with Gasteiger partial charge in [0.1, 0.15) is 0 Å². The van der Waals surface area contributed by atoms with E-state index in [0.717, 1.165) is 25.2 Å². The van der Waals surface area contributed by atoms with E-state index >= 15 is 0 Å². The fraction of sp³-hybridized carbons (Fsp3) is 0.667. The zero-order valence-corrected chi connectivity index (χ0v) is 12.2. The number of nitrogens with zero attached hydrogens (tertiary/aromatic N) is 3. The Balaban J connectivity index is 1.86. The molecule has 1 aromatic heterocycles. The molecule has 0 amide bonds. The molecule has 0 radical (unpaired) electrons. The van der Waals surface area contributed by atoms with Crippen LogP contribution in [0.15, 0.2) is 18.3 Å². The SMILES string of the molecule is CC[C@@H](N)c1ccc(N(C)CCN2CCCC2)cn1. The number of hydrogen-bond donors (Lipinski definition) is 1. The molecule has 4 heteroatoms. The van der Waals surface area contributed by atoms with Crippen molar-refractivity contribution in [2.75, 3.05) is 38.1 Å². The first-order chi connectivity index (χ1) is 9.20. The second-order valence-corrected chi connectivity index (χ2v) is 5.43. The highest BCUT2D eigenvalue weighted by Crippen LogP contribution is 2.16. The van der Waals surface area contributed by atoms with Gasteiger partial charge in [-0.15, -0.1) is 0 Å². The maximum atomic E-state index is 5.98. The van der Waals surface area contributed by atoms with Gasteiger partial charge in [0.15, 0.2) is 0 Å². The van der Waals surface area contributed by atoms with Gasteiger partial charge in [0, 0.05) is 26.2 Å². The second-order valence-electron chi connectivity index (χ2n) is 5.43. The van der Waals surface area contributed by atoms with Gasteiger partial charge < -0.3 is 15.5 Å². The monoisotopic (exact) mass is 262 g/mol. The molecule has 0 aliphatic carbocycles. The number of likely N-dealkylation sites (N-methyl/N-ethyl adjacent to an activating group) is 1. The summed E-state index contributed by atoms with van der Waals surface area (Å²) < 4.78 is 0. The first kappa shape index (κ1) is 14.3. The van der Waals surface area contributed by atoms with E-state index in [1.807, 2.05) is 6.20 Å². The lowest BCUT2D eigenvalue weighted by Crippen LogP contribution is -2.31. The molecule has 2 rings (SSSR count). The molecule has 1 aliphatic heterocycles. The maximum absolute atomic E-state index is 5.98. The maximum Gasteiger partial charge on any atom is 0.0572 e. The molecule has 4 nitrogen and oxygen atoms in total. The Labute approximate surface area is 116 Å². The fourth-order valence-corrected chi connectivity index (χ4v) is 2.48. The molecule has 1 aromatic rings. The number of anilines is 1. The van der Waals surface area contributed by atoms with Crippen molar-refractivity contribution < 1.29 is 0 Å². The van der Waals surface area contributed by atoms with Crippen LogP contribution in [-0.4, -0.2) is 43.1 Å². The standard InChI is InChI=1S/C15H26N4/c1-3-14(16)15-7-6-13(12-17-15)18(2)10-11-19-8-4-5-9-19/h6-7,12,14H,3-5,8-11,16H2,1-2H3/t14-/m1/s1. The van der Waals surface area contributed by atoms with E-state index in [1.165, 1.54) is 31.6 Å². The van der Waals surface area contributed by atoms with Crippen molar-refractivity contribution in [1.82, 2.24) is 9.88 Å². The topological polar surface area (TPSA) is 45.4 Å². The first-order valence-electron chi connectivity index (χ1n) is 7.35. The van der Waals surface area contributed by atoms with Crippen LogP contribution in [0.1, 0.15) is 37.9 Å². The molecule has 1 atom stereocenters. The molecular weight excluding hydrogens is 236 g/mol. The predicted molar refractivity (Wildman–Crippen MR) is 80.4 cm³/mol. The van der Waals surface area contributed by atoms with Gasteiger partial charge in [0.05, 0.1) is 17.6 Å². The lowest BCUT2D eigenvalue weighted by atomic mass is 10.1. The van der Waals surface area contributed by atoms with Crippen molar-refractivity contribution in [1.29, 1.82) is 0 Å². The molecule has 1 aliphatic rings. The van der Waals surface area contributed by atoms with Crippen molar-refractivity contribution in [2.24, 2.45) is 5.73 Å². The summed E-state index contributed by atoms with van der Waals surface area (Å²) in [6, 6.07) is 4.24. The van der Waals surface area contributed by atoms with Crippen LogP contribution in [0.4, 0.5) is 5.69 Å². The minimum Gasteiger partial charge on any atom is -0.372 e. The highest BCUT2D eigenvalue weighted by atomic mass is 15.2. The van der Waals surface area contributed by atoms with E-state index in [4.69, 9.17) is 5.73 Å². The minimum absolute atomic E-state index is 0.0592. The molecule has 106 valence electrons. The Morgan fingerprint density at radius 3 is 2.68 bits per heavy atom. The van der Waals surface area contributed by atoms with E-state index in [1.54, 1.807) is 0 Å². The molecule has 0 bridgehead atoms. The van der Waals surface area contributed by atoms with Crippen LogP contribution >= 0.6 is 0 Å². The van der Waals surface area contributed by atoms with Crippen LogP contribution in [0.25, 0.3) is 0 Å². The van der Waals surface area contributed by atoms with Gasteiger partial charge >= 0.3 is 0 Å². The van der Waals surface area contributed by atoms with Crippen LogP contribution in [0, 0.1) is 0 Å². The number of likely N-dealkylation sites (tertiary alicyclic amines) is 1. The van der Waals surface area contributed by atoms with Gasteiger partial charge in [-0.2, -0.15) is 0 Å². The van der Waals surface area contributed by atoms with Crippen LogP contribution in [0.2, 0.25) is 0 Å². The molecule has 0 saturated carbocycles. The zero-order valence-electron chi connectivity index (χ0n) is 12.2. The summed E-state index contributed by atoms with van der Waals surface area (Å²) in [7, 11) is 2.13. The van der Waals surface area contributed by atoms with Crippen molar-refractivity contribution in [3.05, 3.63) is 24.0 Å². The van der Waals surface area contributed by atoms with E-state index in [-0.39, 0.29) is 6.04 Å². The summed E-state index contributed by atoms with van der Waals surface area (Å²) in [6.45, 7) is 6.81. The molecule has 0 aromatic carbocycles. The van der Waals surface area contributed by atoms with E-state index in [0.29, 0.717) is 0 Å². The summed E-state index contributed by atoms with van der Waals surface area (Å²) in [5.74, 6) is 0. The Bertz CT molecular complexity index is 370. The largest absolute Gasteiger partial charge is 0.372 e. The third kappa shape index (κ3) is 3.91. The second kappa shape index (κ2) is 6.87. The van der Waals surface area contributed by atoms with Crippen molar-refractivity contribution in [3.63, 3.8) is 0 Å². The average Bonchev–Trinajstić information content (AvgIpc) is 2.97. The summed E-state index contributed by atoms with van der Waals surface area (Å²) >= 11 is 0. The molecule has 1 fully saturated rings. The first-order valence-corrected chi connectivity index (χ1v) is 7.35. The van der Waals surface area contributed by atoms with Crippen LogP contribution < -0.4 is 10.6 Å². The average molecular weight is 262 g/mol. The molecule has 0 spiro atoms. The van der Waals surface area contributed by atoms with E-state index < -0.39 is 0 Å². The van der Waals surface area contributed by atoms with Crippen molar-refractivity contribution >= 4 is 5.69 Å². The van der Waals surface area contributed by atoms with Gasteiger partial charge in [-0.05, 0) is 44.5 Å². The van der Waals surface area contributed by atoms with Gasteiger partial charge in [0.25, 0.3) is 0 Å². The minimum atomic E-state index is 0.0592.